The third-order valence-corrected chi connectivity index (χ3v) is 3.08. The van der Waals surface area contributed by atoms with Gasteiger partial charge in [-0.1, -0.05) is 24.3 Å². The fraction of sp³-hybridized carbons (Fsp3) is 0. The first-order valence-corrected chi connectivity index (χ1v) is 6.56. The number of carboxylic acid groups (broad SMARTS) is 1. The highest BCUT2D eigenvalue weighted by Crippen LogP contribution is 2.18. The van der Waals surface area contributed by atoms with Crippen molar-refractivity contribution in [2.24, 2.45) is 5.10 Å². The van der Waals surface area contributed by atoms with Crippen molar-refractivity contribution in [2.75, 3.05) is 5.43 Å². The Hall–Kier alpha value is -3.28. The van der Waals surface area contributed by atoms with Gasteiger partial charge in [-0.25, -0.2) is 14.8 Å². The van der Waals surface area contributed by atoms with Crippen LogP contribution in [0.5, 0.6) is 0 Å². The highest BCUT2D eigenvalue weighted by atomic mass is 16.4. The smallest absolute Gasteiger partial charge is 0.335 e. The van der Waals surface area contributed by atoms with Gasteiger partial charge in [0.1, 0.15) is 6.33 Å². The van der Waals surface area contributed by atoms with Gasteiger partial charge in [-0.15, -0.1) is 0 Å². The molecule has 0 bridgehead atoms. The minimum atomic E-state index is -0.950. The molecular formula is C16H12N4O2. The van der Waals surface area contributed by atoms with E-state index < -0.39 is 5.97 Å². The maximum Gasteiger partial charge on any atom is 0.335 e. The summed E-state index contributed by atoms with van der Waals surface area (Å²) < 4.78 is 0. The van der Waals surface area contributed by atoms with E-state index in [0.717, 1.165) is 16.5 Å². The Morgan fingerprint density at radius 2 is 1.86 bits per heavy atom. The summed E-state index contributed by atoms with van der Waals surface area (Å²) in [4.78, 5) is 19.1. The van der Waals surface area contributed by atoms with Crippen LogP contribution in [0.2, 0.25) is 0 Å². The minimum absolute atomic E-state index is 0.243. The van der Waals surface area contributed by atoms with Crippen LogP contribution >= 0.6 is 0 Å². The van der Waals surface area contributed by atoms with Gasteiger partial charge in [0.05, 0.1) is 17.3 Å². The van der Waals surface area contributed by atoms with Crippen LogP contribution in [-0.2, 0) is 0 Å². The molecule has 0 saturated heterocycles. The lowest BCUT2D eigenvalue weighted by Gasteiger charge is -2.03. The third-order valence-electron chi connectivity index (χ3n) is 3.08. The number of carboxylic acids is 1. The summed E-state index contributed by atoms with van der Waals surface area (Å²) in [5.74, 6) is -0.335. The van der Waals surface area contributed by atoms with Crippen molar-refractivity contribution in [3.8, 4) is 0 Å². The van der Waals surface area contributed by atoms with Crippen molar-refractivity contribution in [1.82, 2.24) is 9.97 Å². The van der Waals surface area contributed by atoms with Crippen molar-refractivity contribution in [1.29, 1.82) is 0 Å². The standard InChI is InChI=1S/C16H12N4O2/c21-16(22)12-7-5-11(6-8-12)9-19-20-15-13-3-1-2-4-14(13)17-10-18-15/h1-10H,(H,21,22)(H,17,18,20)/b19-9+. The Bertz CT molecular complexity index is 839. The fourth-order valence-corrected chi connectivity index (χ4v) is 1.97. The van der Waals surface area contributed by atoms with Crippen molar-refractivity contribution >= 4 is 28.9 Å². The molecule has 0 aliphatic heterocycles. The van der Waals surface area contributed by atoms with E-state index in [4.69, 9.17) is 5.11 Å². The second-order valence-corrected chi connectivity index (χ2v) is 4.54. The fourth-order valence-electron chi connectivity index (χ4n) is 1.97. The zero-order valence-electron chi connectivity index (χ0n) is 11.5. The Morgan fingerprint density at radius 1 is 1.09 bits per heavy atom. The quantitative estimate of drug-likeness (QED) is 0.570. The van der Waals surface area contributed by atoms with Crippen molar-refractivity contribution < 1.29 is 9.90 Å². The Labute approximate surface area is 126 Å². The number of fused-ring (bicyclic) bond motifs is 1. The van der Waals surface area contributed by atoms with Crippen molar-refractivity contribution in [3.05, 3.63) is 66.0 Å². The first kappa shape index (κ1) is 13.7. The molecule has 6 nitrogen and oxygen atoms in total. The lowest BCUT2D eigenvalue weighted by atomic mass is 10.1. The Balaban J connectivity index is 1.77. The summed E-state index contributed by atoms with van der Waals surface area (Å²) in [7, 11) is 0. The summed E-state index contributed by atoms with van der Waals surface area (Å²) in [5, 5.41) is 13.8. The molecule has 2 N–H and O–H groups in total. The largest absolute Gasteiger partial charge is 0.478 e. The Morgan fingerprint density at radius 3 is 2.64 bits per heavy atom. The SMILES string of the molecule is O=C(O)c1ccc(/C=N/Nc2ncnc3ccccc23)cc1. The van der Waals surface area contributed by atoms with Gasteiger partial charge in [0.2, 0.25) is 0 Å². The number of rotatable bonds is 4. The van der Waals surface area contributed by atoms with Crippen LogP contribution in [0.15, 0.2) is 60.0 Å². The van der Waals surface area contributed by atoms with Gasteiger partial charge in [-0.05, 0) is 29.8 Å². The number of para-hydroxylation sites is 1. The van der Waals surface area contributed by atoms with Crippen molar-refractivity contribution in [2.45, 2.75) is 0 Å². The molecule has 0 radical (unpaired) electrons. The average molecular weight is 292 g/mol. The molecule has 0 fully saturated rings. The van der Waals surface area contributed by atoms with E-state index in [9.17, 15) is 4.79 Å². The maximum absolute atomic E-state index is 10.8. The number of nitrogens with zero attached hydrogens (tertiary/aromatic N) is 3. The topological polar surface area (TPSA) is 87.5 Å². The van der Waals surface area contributed by atoms with Crippen LogP contribution < -0.4 is 5.43 Å². The van der Waals surface area contributed by atoms with E-state index in [1.807, 2.05) is 24.3 Å². The summed E-state index contributed by atoms with van der Waals surface area (Å²) >= 11 is 0. The second kappa shape index (κ2) is 6.01. The first-order chi connectivity index (χ1) is 10.7. The lowest BCUT2D eigenvalue weighted by Crippen LogP contribution is -1.97. The highest BCUT2D eigenvalue weighted by molar-refractivity contribution is 5.90. The molecule has 0 atom stereocenters. The Kier molecular flexibility index (Phi) is 3.74. The molecule has 3 aromatic rings. The number of aromatic nitrogens is 2. The van der Waals surface area contributed by atoms with Gasteiger partial charge < -0.3 is 5.11 Å². The van der Waals surface area contributed by atoms with Crippen LogP contribution in [0.25, 0.3) is 10.9 Å². The number of aromatic carboxylic acids is 1. The zero-order valence-corrected chi connectivity index (χ0v) is 11.5. The monoisotopic (exact) mass is 292 g/mol. The van der Waals surface area contributed by atoms with E-state index in [1.165, 1.54) is 18.5 Å². The average Bonchev–Trinajstić information content (AvgIpc) is 2.55. The summed E-state index contributed by atoms with van der Waals surface area (Å²) in [5.41, 5.74) is 4.74. The number of carbonyl (C=O) groups is 1. The highest BCUT2D eigenvalue weighted by Gasteiger charge is 2.02. The number of hydrogen-bond acceptors (Lipinski definition) is 5. The van der Waals surface area contributed by atoms with E-state index in [2.05, 4.69) is 20.5 Å². The van der Waals surface area contributed by atoms with E-state index in [-0.39, 0.29) is 5.56 Å². The molecule has 0 amide bonds. The van der Waals surface area contributed by atoms with E-state index in [1.54, 1.807) is 18.3 Å². The van der Waals surface area contributed by atoms with Gasteiger partial charge in [-0.2, -0.15) is 5.10 Å². The van der Waals surface area contributed by atoms with Gasteiger partial charge in [-0.3, -0.25) is 5.43 Å². The van der Waals surface area contributed by atoms with Crippen LogP contribution in [0.3, 0.4) is 0 Å². The molecule has 0 spiro atoms. The molecule has 3 rings (SSSR count). The molecule has 108 valence electrons. The van der Waals surface area contributed by atoms with Crippen LogP contribution in [-0.4, -0.2) is 27.3 Å². The third kappa shape index (κ3) is 2.90. The summed E-state index contributed by atoms with van der Waals surface area (Å²) in [6.07, 6.45) is 3.07. The predicted molar refractivity (Wildman–Crippen MR) is 84.2 cm³/mol. The number of hydrazone groups is 1. The van der Waals surface area contributed by atoms with Crippen LogP contribution in [0.1, 0.15) is 15.9 Å². The number of hydrogen-bond donors (Lipinski definition) is 2. The molecule has 1 heterocycles. The van der Waals surface area contributed by atoms with Gasteiger partial charge >= 0.3 is 5.97 Å². The molecule has 22 heavy (non-hydrogen) atoms. The van der Waals surface area contributed by atoms with E-state index >= 15 is 0 Å². The molecule has 0 aliphatic rings. The van der Waals surface area contributed by atoms with Crippen LogP contribution in [0, 0.1) is 0 Å². The minimum Gasteiger partial charge on any atom is -0.478 e. The van der Waals surface area contributed by atoms with Gasteiger partial charge in [0.15, 0.2) is 5.82 Å². The normalized spacial score (nSPS) is 10.9. The molecular weight excluding hydrogens is 280 g/mol. The number of nitrogens with one attached hydrogen (secondary N) is 1. The number of benzene rings is 2. The molecule has 0 saturated carbocycles. The molecule has 0 aliphatic carbocycles. The lowest BCUT2D eigenvalue weighted by molar-refractivity contribution is 0.0697. The van der Waals surface area contributed by atoms with Gasteiger partial charge in [0, 0.05) is 5.39 Å². The summed E-state index contributed by atoms with van der Waals surface area (Å²) in [6.45, 7) is 0. The van der Waals surface area contributed by atoms with E-state index in [0.29, 0.717) is 5.82 Å². The summed E-state index contributed by atoms with van der Waals surface area (Å²) in [6, 6.07) is 14.1. The molecule has 6 heteroatoms. The predicted octanol–water partition coefficient (Wildman–Crippen LogP) is 2.77. The molecule has 0 unspecified atom stereocenters. The number of anilines is 1. The second-order valence-electron chi connectivity index (χ2n) is 4.54. The van der Waals surface area contributed by atoms with Crippen LogP contribution in [0.4, 0.5) is 5.82 Å². The molecule has 2 aromatic carbocycles. The van der Waals surface area contributed by atoms with Crippen molar-refractivity contribution in [3.63, 3.8) is 0 Å². The van der Waals surface area contributed by atoms with Gasteiger partial charge in [0.25, 0.3) is 0 Å². The zero-order chi connectivity index (χ0) is 15.4. The first-order valence-electron chi connectivity index (χ1n) is 6.56. The maximum atomic E-state index is 10.8. The molecule has 1 aromatic heterocycles.